The molecule has 0 radical (unpaired) electrons. The van der Waals surface area contributed by atoms with Gasteiger partial charge in [0, 0.05) is 12.6 Å². The number of aromatic nitrogens is 2. The summed E-state index contributed by atoms with van der Waals surface area (Å²) < 4.78 is 44.4. The third kappa shape index (κ3) is 3.15. The molecule has 2 rings (SSSR count). The molecular weight excluding hydrogens is 273 g/mol. The second-order valence-electron chi connectivity index (χ2n) is 3.69. The number of pyridine rings is 1. The van der Waals surface area contributed by atoms with E-state index in [1.807, 2.05) is 6.92 Å². The van der Waals surface area contributed by atoms with Crippen LogP contribution in [0.25, 0.3) is 0 Å². The SMILES string of the molecule is CCc1cnc(CNS(=O)(=O)c2ncccc2F)o1. The van der Waals surface area contributed by atoms with E-state index in [4.69, 9.17) is 4.42 Å². The van der Waals surface area contributed by atoms with Crippen molar-refractivity contribution in [2.75, 3.05) is 0 Å². The average Bonchev–Trinajstić information content (AvgIpc) is 2.85. The van der Waals surface area contributed by atoms with E-state index in [0.717, 1.165) is 6.07 Å². The molecule has 0 fully saturated rings. The summed E-state index contributed by atoms with van der Waals surface area (Å²) in [6, 6.07) is 2.35. The minimum absolute atomic E-state index is 0.154. The summed E-state index contributed by atoms with van der Waals surface area (Å²) in [4.78, 5) is 7.41. The van der Waals surface area contributed by atoms with Crippen LogP contribution >= 0.6 is 0 Å². The Bertz CT molecular complexity index is 669. The minimum atomic E-state index is -4.02. The molecule has 1 N–H and O–H groups in total. The quantitative estimate of drug-likeness (QED) is 0.893. The Hall–Kier alpha value is -1.80. The van der Waals surface area contributed by atoms with Crippen molar-refractivity contribution in [2.45, 2.75) is 24.9 Å². The lowest BCUT2D eigenvalue weighted by atomic mass is 10.4. The van der Waals surface area contributed by atoms with Crippen LogP contribution in [-0.2, 0) is 23.0 Å². The lowest BCUT2D eigenvalue weighted by Gasteiger charge is -2.04. The van der Waals surface area contributed by atoms with Crippen LogP contribution in [0, 0.1) is 5.82 Å². The number of hydrogen-bond donors (Lipinski definition) is 1. The topological polar surface area (TPSA) is 85.1 Å². The maximum atomic E-state index is 13.3. The minimum Gasteiger partial charge on any atom is -0.444 e. The van der Waals surface area contributed by atoms with Crippen molar-refractivity contribution in [3.8, 4) is 0 Å². The van der Waals surface area contributed by atoms with E-state index in [1.165, 1.54) is 18.5 Å². The van der Waals surface area contributed by atoms with Gasteiger partial charge in [0.05, 0.1) is 12.7 Å². The molecular formula is C11H12FN3O3S. The van der Waals surface area contributed by atoms with Crippen molar-refractivity contribution in [2.24, 2.45) is 0 Å². The first-order valence-electron chi connectivity index (χ1n) is 5.56. The van der Waals surface area contributed by atoms with E-state index in [0.29, 0.717) is 12.2 Å². The first kappa shape index (κ1) is 13.6. The number of nitrogens with one attached hydrogen (secondary N) is 1. The second-order valence-corrected chi connectivity index (χ2v) is 5.37. The highest BCUT2D eigenvalue weighted by molar-refractivity contribution is 7.89. The van der Waals surface area contributed by atoms with Gasteiger partial charge in [0.15, 0.2) is 5.82 Å². The molecule has 0 aliphatic rings. The molecule has 2 aromatic heterocycles. The zero-order valence-corrected chi connectivity index (χ0v) is 10.9. The molecule has 0 spiro atoms. The summed E-state index contributed by atoms with van der Waals surface area (Å²) in [6.45, 7) is 1.73. The van der Waals surface area contributed by atoms with Gasteiger partial charge in [-0.05, 0) is 12.1 Å². The Morgan fingerprint density at radius 2 is 2.21 bits per heavy atom. The highest BCUT2D eigenvalue weighted by Crippen LogP contribution is 2.11. The molecule has 8 heteroatoms. The molecule has 6 nitrogen and oxygen atoms in total. The Kier molecular flexibility index (Phi) is 3.91. The van der Waals surface area contributed by atoms with Crippen molar-refractivity contribution >= 4 is 10.0 Å². The largest absolute Gasteiger partial charge is 0.444 e. The summed E-state index contributed by atoms with van der Waals surface area (Å²) in [5.41, 5.74) is 0. The number of hydrogen-bond acceptors (Lipinski definition) is 5. The monoisotopic (exact) mass is 285 g/mol. The molecule has 0 bridgehead atoms. The van der Waals surface area contributed by atoms with Crippen LogP contribution in [0.15, 0.2) is 34.0 Å². The summed E-state index contributed by atoms with van der Waals surface area (Å²) in [5.74, 6) is -0.0355. The standard InChI is InChI=1S/C11H12FN3O3S/c1-2-8-6-14-10(18-8)7-15-19(16,17)11-9(12)4-3-5-13-11/h3-6,15H,2,7H2,1H3. The van der Waals surface area contributed by atoms with Gasteiger partial charge < -0.3 is 4.42 Å². The molecule has 0 saturated carbocycles. The molecule has 0 aliphatic heterocycles. The van der Waals surface area contributed by atoms with Crippen LogP contribution in [0.3, 0.4) is 0 Å². The van der Waals surface area contributed by atoms with Crippen molar-refractivity contribution < 1.29 is 17.2 Å². The van der Waals surface area contributed by atoms with Gasteiger partial charge in [-0.15, -0.1) is 0 Å². The van der Waals surface area contributed by atoms with Crippen molar-refractivity contribution in [1.29, 1.82) is 0 Å². The molecule has 0 unspecified atom stereocenters. The fourth-order valence-electron chi connectivity index (χ4n) is 1.39. The number of nitrogens with zero attached hydrogens (tertiary/aromatic N) is 2. The van der Waals surface area contributed by atoms with E-state index in [9.17, 15) is 12.8 Å². The van der Waals surface area contributed by atoms with Gasteiger partial charge >= 0.3 is 0 Å². The third-order valence-corrected chi connectivity index (χ3v) is 3.68. The van der Waals surface area contributed by atoms with Crippen molar-refractivity contribution in [3.05, 3.63) is 42.0 Å². The molecule has 0 amide bonds. The van der Waals surface area contributed by atoms with Gasteiger partial charge in [0.25, 0.3) is 10.0 Å². The van der Waals surface area contributed by atoms with Gasteiger partial charge in [-0.3, -0.25) is 0 Å². The van der Waals surface area contributed by atoms with Gasteiger partial charge in [-0.2, -0.15) is 0 Å². The number of aryl methyl sites for hydroxylation is 1. The van der Waals surface area contributed by atoms with Gasteiger partial charge in [0.1, 0.15) is 5.76 Å². The first-order valence-corrected chi connectivity index (χ1v) is 7.05. The third-order valence-electron chi connectivity index (χ3n) is 2.34. The highest BCUT2D eigenvalue weighted by atomic mass is 32.2. The fraction of sp³-hybridized carbons (Fsp3) is 0.273. The molecule has 19 heavy (non-hydrogen) atoms. The van der Waals surface area contributed by atoms with E-state index >= 15 is 0 Å². The van der Waals surface area contributed by atoms with Crippen LogP contribution < -0.4 is 4.72 Å². The van der Waals surface area contributed by atoms with Gasteiger partial charge in [0.2, 0.25) is 10.9 Å². The van der Waals surface area contributed by atoms with E-state index in [1.54, 1.807) is 0 Å². The predicted octanol–water partition coefficient (Wildman–Crippen LogP) is 1.25. The second kappa shape index (κ2) is 5.45. The van der Waals surface area contributed by atoms with Crippen molar-refractivity contribution in [3.63, 3.8) is 0 Å². The van der Waals surface area contributed by atoms with Crippen LogP contribution in [0.1, 0.15) is 18.6 Å². The number of rotatable bonds is 5. The number of sulfonamides is 1. The highest BCUT2D eigenvalue weighted by Gasteiger charge is 2.20. The Labute approximate surface area is 109 Å². The van der Waals surface area contributed by atoms with Gasteiger partial charge in [-0.25, -0.2) is 27.5 Å². The van der Waals surface area contributed by atoms with Crippen LogP contribution in [0.2, 0.25) is 0 Å². The lowest BCUT2D eigenvalue weighted by molar-refractivity contribution is 0.451. The molecule has 0 aliphatic carbocycles. The summed E-state index contributed by atoms with van der Waals surface area (Å²) in [6.07, 6.45) is 3.39. The summed E-state index contributed by atoms with van der Waals surface area (Å²) in [7, 11) is -4.02. The Morgan fingerprint density at radius 3 is 2.84 bits per heavy atom. The summed E-state index contributed by atoms with van der Waals surface area (Å²) >= 11 is 0. The Morgan fingerprint density at radius 1 is 1.42 bits per heavy atom. The number of halogens is 1. The maximum Gasteiger partial charge on any atom is 0.261 e. The molecule has 2 aromatic rings. The molecule has 0 aromatic carbocycles. The molecule has 2 heterocycles. The van der Waals surface area contributed by atoms with E-state index < -0.39 is 20.9 Å². The maximum absolute atomic E-state index is 13.3. The zero-order valence-electron chi connectivity index (χ0n) is 10.1. The average molecular weight is 285 g/mol. The predicted molar refractivity (Wildman–Crippen MR) is 64.1 cm³/mol. The smallest absolute Gasteiger partial charge is 0.261 e. The summed E-state index contributed by atoms with van der Waals surface area (Å²) in [5, 5.41) is -0.641. The first-order chi connectivity index (χ1) is 9.03. The molecule has 0 atom stereocenters. The number of oxazole rings is 1. The van der Waals surface area contributed by atoms with Crippen LogP contribution in [-0.4, -0.2) is 18.4 Å². The fourth-order valence-corrected chi connectivity index (χ4v) is 2.36. The van der Waals surface area contributed by atoms with E-state index in [2.05, 4.69) is 14.7 Å². The Balaban J connectivity index is 2.12. The molecule has 102 valence electrons. The zero-order chi connectivity index (χ0) is 13.9. The molecule has 0 saturated heterocycles. The van der Waals surface area contributed by atoms with E-state index in [-0.39, 0.29) is 12.4 Å². The lowest BCUT2D eigenvalue weighted by Crippen LogP contribution is -2.25. The normalized spacial score (nSPS) is 11.7. The van der Waals surface area contributed by atoms with Crippen LogP contribution in [0.4, 0.5) is 4.39 Å². The van der Waals surface area contributed by atoms with Crippen molar-refractivity contribution in [1.82, 2.24) is 14.7 Å². The van der Waals surface area contributed by atoms with Crippen LogP contribution in [0.5, 0.6) is 0 Å². The van der Waals surface area contributed by atoms with Gasteiger partial charge in [-0.1, -0.05) is 6.92 Å².